The molecule has 0 unspecified atom stereocenters. The Balaban J connectivity index is 2.33. The van der Waals surface area contributed by atoms with Gasteiger partial charge in [-0.05, 0) is 44.0 Å². The van der Waals surface area contributed by atoms with Crippen LogP contribution < -0.4 is 10.0 Å². The fourth-order valence-corrected chi connectivity index (χ4v) is 3.82. The number of aromatic carboxylic acids is 1. The summed E-state index contributed by atoms with van der Waals surface area (Å²) >= 11 is 0. The van der Waals surface area contributed by atoms with Gasteiger partial charge in [0.2, 0.25) is 10.0 Å². The quantitative estimate of drug-likeness (QED) is 0.654. The zero-order valence-corrected chi connectivity index (χ0v) is 15.9. The second-order valence-corrected chi connectivity index (χ2v) is 7.93. The van der Waals surface area contributed by atoms with Crippen LogP contribution in [0.3, 0.4) is 0 Å². The second kappa shape index (κ2) is 8.33. The van der Waals surface area contributed by atoms with Crippen molar-refractivity contribution in [3.8, 4) is 0 Å². The normalized spacial score (nSPS) is 13.8. The molecule has 0 fully saturated rings. The fourth-order valence-electron chi connectivity index (χ4n) is 2.47. The van der Waals surface area contributed by atoms with Crippen molar-refractivity contribution < 1.29 is 18.3 Å². The number of anilines is 1. The van der Waals surface area contributed by atoms with Crippen molar-refractivity contribution in [3.63, 3.8) is 0 Å². The van der Waals surface area contributed by atoms with E-state index in [9.17, 15) is 18.3 Å². The third-order valence-electron chi connectivity index (χ3n) is 4.17. The Hall–Kier alpha value is -2.38. The van der Waals surface area contributed by atoms with Crippen LogP contribution in [0.25, 0.3) is 0 Å². The molecule has 0 aromatic heterocycles. The van der Waals surface area contributed by atoms with Gasteiger partial charge in [0.1, 0.15) is 0 Å². The molecule has 0 aliphatic rings. The molecule has 7 heteroatoms. The maximum Gasteiger partial charge on any atom is 0.337 e. The summed E-state index contributed by atoms with van der Waals surface area (Å²) in [6.45, 7) is 5.54. The summed E-state index contributed by atoms with van der Waals surface area (Å²) in [7, 11) is -3.77. The van der Waals surface area contributed by atoms with Crippen molar-refractivity contribution in [2.75, 3.05) is 5.32 Å². The number of carbonyl (C=O) groups is 1. The van der Waals surface area contributed by atoms with Gasteiger partial charge in [-0.25, -0.2) is 17.9 Å². The van der Waals surface area contributed by atoms with Crippen LogP contribution in [0.2, 0.25) is 0 Å². The van der Waals surface area contributed by atoms with Crippen LogP contribution in [0, 0.1) is 0 Å². The number of hydrogen-bond donors (Lipinski definition) is 3. The molecular weight excluding hydrogens is 352 g/mol. The lowest BCUT2D eigenvalue weighted by molar-refractivity contribution is 0.0697. The maximum atomic E-state index is 12.4. The van der Waals surface area contributed by atoms with Crippen molar-refractivity contribution in [2.24, 2.45) is 0 Å². The minimum Gasteiger partial charge on any atom is -0.478 e. The lowest BCUT2D eigenvalue weighted by atomic mass is 10.1. The van der Waals surface area contributed by atoms with Crippen LogP contribution >= 0.6 is 0 Å². The van der Waals surface area contributed by atoms with Crippen LogP contribution in [0.4, 0.5) is 5.69 Å². The van der Waals surface area contributed by atoms with Gasteiger partial charge in [0.15, 0.2) is 0 Å². The van der Waals surface area contributed by atoms with E-state index >= 15 is 0 Å². The Morgan fingerprint density at radius 1 is 1.12 bits per heavy atom. The molecule has 2 aromatic rings. The molecule has 2 atom stereocenters. The number of benzene rings is 2. The molecule has 0 radical (unpaired) electrons. The van der Waals surface area contributed by atoms with Gasteiger partial charge >= 0.3 is 5.97 Å². The van der Waals surface area contributed by atoms with Gasteiger partial charge in [-0.15, -0.1) is 0 Å². The van der Waals surface area contributed by atoms with E-state index in [2.05, 4.69) is 10.0 Å². The SMILES string of the molecule is CC[C@@H](C)NS(=O)(=O)c1ccc(N[C@H](C)c2ccccc2)c(C(=O)O)c1. The molecule has 0 saturated heterocycles. The summed E-state index contributed by atoms with van der Waals surface area (Å²) in [6.07, 6.45) is 0.638. The summed E-state index contributed by atoms with van der Waals surface area (Å²) in [4.78, 5) is 11.6. The van der Waals surface area contributed by atoms with Crippen molar-refractivity contribution in [2.45, 2.75) is 44.2 Å². The van der Waals surface area contributed by atoms with Crippen molar-refractivity contribution in [3.05, 3.63) is 59.7 Å². The predicted molar refractivity (Wildman–Crippen MR) is 102 cm³/mol. The molecule has 0 bridgehead atoms. The van der Waals surface area contributed by atoms with E-state index in [1.165, 1.54) is 18.2 Å². The average Bonchev–Trinajstić information content (AvgIpc) is 2.61. The largest absolute Gasteiger partial charge is 0.478 e. The zero-order chi connectivity index (χ0) is 19.3. The van der Waals surface area contributed by atoms with E-state index in [-0.39, 0.29) is 22.5 Å². The smallest absolute Gasteiger partial charge is 0.337 e. The van der Waals surface area contributed by atoms with Gasteiger partial charge < -0.3 is 10.4 Å². The van der Waals surface area contributed by atoms with Gasteiger partial charge in [0.05, 0.1) is 10.5 Å². The first-order chi connectivity index (χ1) is 12.2. The van der Waals surface area contributed by atoms with Crippen LogP contribution in [-0.4, -0.2) is 25.5 Å². The molecule has 2 aromatic carbocycles. The van der Waals surface area contributed by atoms with Gasteiger partial charge in [-0.3, -0.25) is 0 Å². The molecule has 140 valence electrons. The van der Waals surface area contributed by atoms with E-state index in [1.807, 2.05) is 44.2 Å². The van der Waals surface area contributed by atoms with Gasteiger partial charge in [0, 0.05) is 17.8 Å². The van der Waals surface area contributed by atoms with E-state index in [1.54, 1.807) is 6.92 Å². The van der Waals surface area contributed by atoms with Crippen LogP contribution in [0.15, 0.2) is 53.4 Å². The van der Waals surface area contributed by atoms with Gasteiger partial charge in [-0.1, -0.05) is 37.3 Å². The molecular formula is C19H24N2O4S. The highest BCUT2D eigenvalue weighted by molar-refractivity contribution is 7.89. The first kappa shape index (κ1) is 19.9. The molecule has 3 N–H and O–H groups in total. The minimum absolute atomic E-state index is 0.0619. The first-order valence-electron chi connectivity index (χ1n) is 8.45. The monoisotopic (exact) mass is 376 g/mol. The first-order valence-corrected chi connectivity index (χ1v) is 9.94. The Bertz CT molecular complexity index is 866. The summed E-state index contributed by atoms with van der Waals surface area (Å²) in [5, 5.41) is 12.7. The van der Waals surface area contributed by atoms with Gasteiger partial charge in [-0.2, -0.15) is 0 Å². The number of sulfonamides is 1. The van der Waals surface area contributed by atoms with Crippen molar-refractivity contribution in [1.29, 1.82) is 0 Å². The zero-order valence-electron chi connectivity index (χ0n) is 15.1. The highest BCUT2D eigenvalue weighted by Gasteiger charge is 2.21. The van der Waals surface area contributed by atoms with Crippen LogP contribution in [0.5, 0.6) is 0 Å². The molecule has 26 heavy (non-hydrogen) atoms. The molecule has 6 nitrogen and oxygen atoms in total. The summed E-state index contributed by atoms with van der Waals surface area (Å²) in [5.41, 5.74) is 1.29. The molecule has 0 heterocycles. The number of nitrogens with one attached hydrogen (secondary N) is 2. The predicted octanol–water partition coefficient (Wildman–Crippen LogP) is 3.63. The Kier molecular flexibility index (Phi) is 6.39. The highest BCUT2D eigenvalue weighted by Crippen LogP contribution is 2.25. The topological polar surface area (TPSA) is 95.5 Å². The van der Waals surface area contributed by atoms with Crippen molar-refractivity contribution >= 4 is 21.7 Å². The fraction of sp³-hybridized carbons (Fsp3) is 0.316. The average molecular weight is 376 g/mol. The van der Waals surface area contributed by atoms with E-state index < -0.39 is 16.0 Å². The van der Waals surface area contributed by atoms with E-state index in [0.29, 0.717) is 12.1 Å². The molecule has 0 aliphatic carbocycles. The number of rotatable bonds is 8. The third-order valence-corrected chi connectivity index (χ3v) is 5.76. The molecule has 0 spiro atoms. The summed E-state index contributed by atoms with van der Waals surface area (Å²) in [5.74, 6) is -1.19. The highest BCUT2D eigenvalue weighted by atomic mass is 32.2. The summed E-state index contributed by atoms with van der Waals surface area (Å²) in [6, 6.07) is 13.3. The molecule has 2 rings (SSSR count). The van der Waals surface area contributed by atoms with Crippen molar-refractivity contribution in [1.82, 2.24) is 4.72 Å². The second-order valence-electron chi connectivity index (χ2n) is 6.22. The lowest BCUT2D eigenvalue weighted by Crippen LogP contribution is -2.32. The van der Waals surface area contributed by atoms with E-state index in [0.717, 1.165) is 5.56 Å². The van der Waals surface area contributed by atoms with E-state index in [4.69, 9.17) is 0 Å². The number of carboxylic acid groups (broad SMARTS) is 1. The molecule has 0 saturated carbocycles. The van der Waals surface area contributed by atoms with Gasteiger partial charge in [0.25, 0.3) is 0 Å². The Morgan fingerprint density at radius 3 is 2.35 bits per heavy atom. The lowest BCUT2D eigenvalue weighted by Gasteiger charge is -2.18. The molecule has 0 aliphatic heterocycles. The summed E-state index contributed by atoms with van der Waals surface area (Å²) < 4.78 is 27.3. The minimum atomic E-state index is -3.77. The Labute approximate surface area is 154 Å². The number of carboxylic acids is 1. The standard InChI is InChI=1S/C19H24N2O4S/c1-4-13(2)21-26(24,25)16-10-11-18(17(12-16)19(22)23)20-14(3)15-8-6-5-7-9-15/h5-14,20-21H,4H2,1-3H3,(H,22,23)/t13-,14-/m1/s1. The maximum absolute atomic E-state index is 12.4. The Morgan fingerprint density at radius 2 is 1.77 bits per heavy atom. The third kappa shape index (κ3) is 4.83. The molecule has 0 amide bonds. The van der Waals surface area contributed by atoms with Crippen LogP contribution in [-0.2, 0) is 10.0 Å². The van der Waals surface area contributed by atoms with Crippen LogP contribution in [0.1, 0.15) is 49.2 Å². The number of hydrogen-bond acceptors (Lipinski definition) is 4.